The summed E-state index contributed by atoms with van der Waals surface area (Å²) in [7, 11) is 1.52. The fourth-order valence-corrected chi connectivity index (χ4v) is 2.92. The number of rotatable bonds is 3. The number of aromatic nitrogens is 1. The van der Waals surface area contributed by atoms with Gasteiger partial charge in [0.05, 0.1) is 12.7 Å². The third kappa shape index (κ3) is 4.24. The normalized spacial score (nSPS) is 14.7. The van der Waals surface area contributed by atoms with E-state index in [-0.39, 0.29) is 24.6 Å². The van der Waals surface area contributed by atoms with Crippen LogP contribution >= 0.6 is 0 Å². The lowest BCUT2D eigenvalue weighted by molar-refractivity contribution is -0.141. The first kappa shape index (κ1) is 19.7. The number of methoxy groups -OCH3 is 1. The number of benzene rings is 1. The number of pyridine rings is 1. The van der Waals surface area contributed by atoms with E-state index in [2.05, 4.69) is 4.98 Å². The minimum Gasteiger partial charge on any atom is -0.497 e. The second-order valence-corrected chi connectivity index (χ2v) is 6.25. The number of carbonyl (C=O) groups is 2. The molecule has 0 saturated carbocycles. The third-order valence-corrected chi connectivity index (χ3v) is 4.47. The van der Waals surface area contributed by atoms with Crippen LogP contribution in [-0.2, 0) is 6.18 Å². The standard InChI is InChI=1S/C19H18F3N3O3/c1-28-15-4-2-3-13(11-15)17(26)24-7-9-25(10-8-24)18(27)14-5-6-16(23-12-14)19(20,21)22/h2-6,11-12H,7-10H2,1H3. The highest BCUT2D eigenvalue weighted by Crippen LogP contribution is 2.27. The lowest BCUT2D eigenvalue weighted by atomic mass is 10.1. The Balaban J connectivity index is 1.61. The van der Waals surface area contributed by atoms with Crippen LogP contribution in [0, 0.1) is 0 Å². The first-order valence-electron chi connectivity index (χ1n) is 8.55. The molecule has 1 aliphatic rings. The summed E-state index contributed by atoms with van der Waals surface area (Å²) in [6, 6.07) is 8.71. The van der Waals surface area contributed by atoms with E-state index in [0.717, 1.165) is 18.3 Å². The highest BCUT2D eigenvalue weighted by molar-refractivity contribution is 5.96. The molecule has 1 aliphatic heterocycles. The molecule has 1 aromatic heterocycles. The van der Waals surface area contributed by atoms with Gasteiger partial charge >= 0.3 is 6.18 Å². The van der Waals surface area contributed by atoms with Crippen molar-refractivity contribution in [3.05, 3.63) is 59.4 Å². The summed E-state index contributed by atoms with van der Waals surface area (Å²) in [5.41, 5.74) is -0.468. The van der Waals surface area contributed by atoms with Gasteiger partial charge in [-0.15, -0.1) is 0 Å². The van der Waals surface area contributed by atoms with E-state index in [1.165, 1.54) is 12.0 Å². The van der Waals surface area contributed by atoms with Crippen molar-refractivity contribution in [3.63, 3.8) is 0 Å². The van der Waals surface area contributed by atoms with E-state index in [4.69, 9.17) is 4.74 Å². The Morgan fingerprint density at radius 3 is 2.07 bits per heavy atom. The molecule has 2 amide bonds. The Hall–Kier alpha value is -3.10. The molecule has 3 rings (SSSR count). The predicted molar refractivity (Wildman–Crippen MR) is 94.0 cm³/mol. The quantitative estimate of drug-likeness (QED) is 0.805. The molecule has 0 N–H and O–H groups in total. The summed E-state index contributed by atoms with van der Waals surface area (Å²) in [5, 5.41) is 0. The van der Waals surface area contributed by atoms with E-state index in [0.29, 0.717) is 24.4 Å². The molecule has 9 heteroatoms. The van der Waals surface area contributed by atoms with Gasteiger partial charge in [-0.2, -0.15) is 13.2 Å². The predicted octanol–water partition coefficient (Wildman–Crippen LogP) is 2.71. The van der Waals surface area contributed by atoms with Crippen molar-refractivity contribution < 1.29 is 27.5 Å². The van der Waals surface area contributed by atoms with Gasteiger partial charge in [-0.25, -0.2) is 0 Å². The number of alkyl halides is 3. The summed E-state index contributed by atoms with van der Waals surface area (Å²) in [6.45, 7) is 1.23. The summed E-state index contributed by atoms with van der Waals surface area (Å²) in [5.74, 6) is 0.00590. The molecule has 0 unspecified atom stereocenters. The Kier molecular flexibility index (Phi) is 5.53. The van der Waals surface area contributed by atoms with Crippen LogP contribution < -0.4 is 4.74 Å². The highest BCUT2D eigenvalue weighted by Gasteiger charge is 2.33. The summed E-state index contributed by atoms with van der Waals surface area (Å²) in [4.78, 5) is 31.5. The first-order valence-corrected chi connectivity index (χ1v) is 8.55. The van der Waals surface area contributed by atoms with Gasteiger partial charge in [0.1, 0.15) is 11.4 Å². The van der Waals surface area contributed by atoms with Gasteiger partial charge < -0.3 is 14.5 Å². The average molecular weight is 393 g/mol. The van der Waals surface area contributed by atoms with Crippen LogP contribution in [0.15, 0.2) is 42.6 Å². The average Bonchev–Trinajstić information content (AvgIpc) is 2.72. The molecular weight excluding hydrogens is 375 g/mol. The fourth-order valence-electron chi connectivity index (χ4n) is 2.92. The molecule has 2 aromatic rings. The van der Waals surface area contributed by atoms with Gasteiger partial charge in [0, 0.05) is 37.9 Å². The van der Waals surface area contributed by atoms with Crippen LogP contribution in [0.1, 0.15) is 26.4 Å². The SMILES string of the molecule is COc1cccc(C(=O)N2CCN(C(=O)c3ccc(C(F)(F)F)nc3)CC2)c1. The number of hydrogen-bond acceptors (Lipinski definition) is 4. The van der Waals surface area contributed by atoms with Crippen molar-refractivity contribution in [1.82, 2.24) is 14.8 Å². The second-order valence-electron chi connectivity index (χ2n) is 6.25. The molecule has 0 atom stereocenters. The molecule has 0 spiro atoms. The van der Waals surface area contributed by atoms with E-state index in [1.54, 1.807) is 29.2 Å². The molecule has 0 bridgehead atoms. The molecule has 28 heavy (non-hydrogen) atoms. The molecule has 1 fully saturated rings. The summed E-state index contributed by atoms with van der Waals surface area (Å²) < 4.78 is 42.9. The third-order valence-electron chi connectivity index (χ3n) is 4.47. The summed E-state index contributed by atoms with van der Waals surface area (Å²) in [6.07, 6.45) is -3.62. The van der Waals surface area contributed by atoms with Gasteiger partial charge in [-0.05, 0) is 30.3 Å². The van der Waals surface area contributed by atoms with Gasteiger partial charge in [0.15, 0.2) is 0 Å². The van der Waals surface area contributed by atoms with E-state index >= 15 is 0 Å². The van der Waals surface area contributed by atoms with Crippen LogP contribution in [-0.4, -0.2) is 59.9 Å². The highest BCUT2D eigenvalue weighted by atomic mass is 19.4. The van der Waals surface area contributed by atoms with Crippen LogP contribution in [0.3, 0.4) is 0 Å². The number of piperazine rings is 1. The zero-order valence-electron chi connectivity index (χ0n) is 15.1. The molecule has 2 heterocycles. The minimum absolute atomic E-state index is 0.0839. The lowest BCUT2D eigenvalue weighted by Gasteiger charge is -2.34. The van der Waals surface area contributed by atoms with Crippen molar-refractivity contribution >= 4 is 11.8 Å². The van der Waals surface area contributed by atoms with Crippen molar-refractivity contribution in [3.8, 4) is 5.75 Å². The van der Waals surface area contributed by atoms with Gasteiger partial charge in [-0.3, -0.25) is 14.6 Å². The van der Waals surface area contributed by atoms with E-state index in [9.17, 15) is 22.8 Å². The number of amides is 2. The molecular formula is C19H18F3N3O3. The van der Waals surface area contributed by atoms with Gasteiger partial charge in [-0.1, -0.05) is 6.07 Å². The molecule has 6 nitrogen and oxygen atoms in total. The van der Waals surface area contributed by atoms with Gasteiger partial charge in [0.2, 0.25) is 0 Å². The zero-order valence-corrected chi connectivity index (χ0v) is 15.1. The Morgan fingerprint density at radius 2 is 1.57 bits per heavy atom. The van der Waals surface area contributed by atoms with Crippen molar-refractivity contribution in [1.29, 1.82) is 0 Å². The number of ether oxygens (including phenoxy) is 1. The molecule has 1 saturated heterocycles. The van der Waals surface area contributed by atoms with Crippen LogP contribution in [0.2, 0.25) is 0 Å². The Bertz CT molecular complexity index is 861. The lowest BCUT2D eigenvalue weighted by Crippen LogP contribution is -2.50. The van der Waals surface area contributed by atoms with E-state index in [1.807, 2.05) is 0 Å². The van der Waals surface area contributed by atoms with Crippen LogP contribution in [0.4, 0.5) is 13.2 Å². The topological polar surface area (TPSA) is 62.7 Å². The monoisotopic (exact) mass is 393 g/mol. The minimum atomic E-state index is -4.55. The van der Waals surface area contributed by atoms with Crippen molar-refractivity contribution in [2.45, 2.75) is 6.18 Å². The number of carbonyl (C=O) groups excluding carboxylic acids is 2. The maximum Gasteiger partial charge on any atom is 0.433 e. The smallest absolute Gasteiger partial charge is 0.433 e. The second kappa shape index (κ2) is 7.87. The summed E-state index contributed by atoms with van der Waals surface area (Å²) >= 11 is 0. The van der Waals surface area contributed by atoms with E-state index < -0.39 is 17.8 Å². The van der Waals surface area contributed by atoms with Gasteiger partial charge in [0.25, 0.3) is 11.8 Å². The molecule has 148 valence electrons. The Morgan fingerprint density at radius 1 is 0.964 bits per heavy atom. The zero-order chi connectivity index (χ0) is 20.3. The number of nitrogens with zero attached hydrogens (tertiary/aromatic N) is 3. The number of halogens is 3. The van der Waals surface area contributed by atoms with Crippen molar-refractivity contribution in [2.24, 2.45) is 0 Å². The largest absolute Gasteiger partial charge is 0.497 e. The first-order chi connectivity index (χ1) is 13.3. The number of hydrogen-bond donors (Lipinski definition) is 0. The molecule has 0 aliphatic carbocycles. The molecule has 0 radical (unpaired) electrons. The van der Waals surface area contributed by atoms with Crippen LogP contribution in [0.25, 0.3) is 0 Å². The maximum absolute atomic E-state index is 12.6. The fraction of sp³-hybridized carbons (Fsp3) is 0.316. The van der Waals surface area contributed by atoms with Crippen molar-refractivity contribution in [2.75, 3.05) is 33.3 Å². The van der Waals surface area contributed by atoms with Crippen LogP contribution in [0.5, 0.6) is 5.75 Å². The molecule has 1 aromatic carbocycles. The maximum atomic E-state index is 12.6. The Labute approximate surface area is 159 Å².